The molecule has 0 saturated heterocycles. The minimum absolute atomic E-state index is 0.117. The largest absolute Gasteiger partial charge is 0.501 e. The molecule has 8 heteroatoms. The highest BCUT2D eigenvalue weighted by atomic mass is 35.5. The Kier molecular flexibility index (Phi) is 3.63. The summed E-state index contributed by atoms with van der Waals surface area (Å²) >= 11 is 5.60. The molecule has 0 saturated carbocycles. The number of benzene rings is 1. The maximum atomic E-state index is 11.8. The van der Waals surface area contributed by atoms with Gasteiger partial charge in [-0.1, -0.05) is 11.6 Å². The molecular weight excluding hydrogens is 270 g/mol. The summed E-state index contributed by atoms with van der Waals surface area (Å²) in [6.07, 6.45) is 0. The molecule has 0 amide bonds. The van der Waals surface area contributed by atoms with E-state index in [2.05, 4.69) is 0 Å². The molecule has 0 radical (unpaired) electrons. The first kappa shape index (κ1) is 13.7. The Hall–Kier alpha value is -1.34. The van der Waals surface area contributed by atoms with Gasteiger partial charge in [0.2, 0.25) is 5.75 Å². The first-order valence-corrected chi connectivity index (χ1v) is 6.51. The van der Waals surface area contributed by atoms with Crippen molar-refractivity contribution in [2.45, 2.75) is 24.0 Å². The van der Waals surface area contributed by atoms with Crippen LogP contribution in [-0.4, -0.2) is 23.7 Å². The zero-order chi connectivity index (χ0) is 13.4. The van der Waals surface area contributed by atoms with Crippen LogP contribution in [0.1, 0.15) is 13.8 Å². The number of nitrogens with zero attached hydrogens (tertiary/aromatic N) is 1. The van der Waals surface area contributed by atoms with Crippen LogP contribution in [0.15, 0.2) is 17.0 Å². The van der Waals surface area contributed by atoms with Gasteiger partial charge in [-0.2, -0.15) is 0 Å². The molecule has 6 nitrogen and oxygen atoms in total. The smallest absolute Gasteiger partial charge is 0.313 e. The van der Waals surface area contributed by atoms with Gasteiger partial charge in [-0.3, -0.25) is 10.1 Å². The van der Waals surface area contributed by atoms with Crippen molar-refractivity contribution in [2.24, 2.45) is 0 Å². The molecule has 0 aromatic heterocycles. The Morgan fingerprint density at radius 3 is 2.35 bits per heavy atom. The zero-order valence-electron chi connectivity index (χ0n) is 9.05. The van der Waals surface area contributed by atoms with Crippen molar-refractivity contribution in [2.75, 3.05) is 0 Å². The highest BCUT2D eigenvalue weighted by Gasteiger charge is 2.29. The summed E-state index contributed by atoms with van der Waals surface area (Å²) in [4.78, 5) is 9.21. The van der Waals surface area contributed by atoms with Crippen LogP contribution in [0.4, 0.5) is 5.69 Å². The van der Waals surface area contributed by atoms with Crippen molar-refractivity contribution >= 4 is 27.1 Å². The summed E-state index contributed by atoms with van der Waals surface area (Å²) in [6, 6.07) is 1.90. The lowest BCUT2D eigenvalue weighted by Crippen LogP contribution is -2.14. The average Bonchev–Trinajstić information content (AvgIpc) is 2.20. The lowest BCUT2D eigenvalue weighted by atomic mass is 10.3. The number of nitro groups is 1. The highest BCUT2D eigenvalue weighted by molar-refractivity contribution is 7.92. The van der Waals surface area contributed by atoms with Gasteiger partial charge >= 0.3 is 5.69 Å². The van der Waals surface area contributed by atoms with E-state index in [4.69, 9.17) is 11.6 Å². The Bertz CT molecular complexity index is 567. The average molecular weight is 280 g/mol. The van der Waals surface area contributed by atoms with Crippen molar-refractivity contribution < 1.29 is 18.4 Å². The number of aromatic hydroxyl groups is 1. The van der Waals surface area contributed by atoms with E-state index >= 15 is 0 Å². The number of nitro benzene ring substituents is 1. The molecular formula is C9H10ClNO5S. The van der Waals surface area contributed by atoms with Gasteiger partial charge in [-0.15, -0.1) is 0 Å². The maximum absolute atomic E-state index is 11.8. The van der Waals surface area contributed by atoms with Gasteiger partial charge < -0.3 is 5.11 Å². The van der Waals surface area contributed by atoms with Gasteiger partial charge in [-0.05, 0) is 19.9 Å². The standard InChI is InChI=1S/C9H10ClNO5S/c1-5(2)17(15,16)8-4-6(10)3-7(9(8)12)11(13)14/h3-5,12H,1-2H3. The third kappa shape index (κ3) is 2.50. The third-order valence-corrected chi connectivity index (χ3v) is 4.53. The predicted molar refractivity (Wildman–Crippen MR) is 62.1 cm³/mol. The molecule has 0 aliphatic rings. The first-order chi connectivity index (χ1) is 7.67. The van der Waals surface area contributed by atoms with E-state index in [1.165, 1.54) is 13.8 Å². The molecule has 0 heterocycles. The molecule has 1 aromatic carbocycles. The summed E-state index contributed by atoms with van der Waals surface area (Å²) in [5.74, 6) is -0.881. The number of hydrogen-bond acceptors (Lipinski definition) is 5. The number of rotatable bonds is 3. The van der Waals surface area contributed by atoms with E-state index in [1.54, 1.807) is 0 Å². The summed E-state index contributed by atoms with van der Waals surface area (Å²) in [7, 11) is -3.82. The molecule has 1 N–H and O–H groups in total. The third-order valence-electron chi connectivity index (χ3n) is 2.14. The topological polar surface area (TPSA) is 97.5 Å². The van der Waals surface area contributed by atoms with E-state index in [0.717, 1.165) is 12.1 Å². The van der Waals surface area contributed by atoms with Crippen LogP contribution in [0, 0.1) is 10.1 Å². The molecule has 1 aromatic rings. The highest BCUT2D eigenvalue weighted by Crippen LogP contribution is 2.37. The summed E-state index contributed by atoms with van der Waals surface area (Å²) in [6.45, 7) is 2.81. The number of phenols is 1. The van der Waals surface area contributed by atoms with E-state index in [-0.39, 0.29) is 5.02 Å². The molecule has 0 unspecified atom stereocenters. The minimum atomic E-state index is -3.82. The van der Waals surface area contributed by atoms with E-state index in [0.29, 0.717) is 0 Å². The molecule has 1 rings (SSSR count). The molecule has 0 aliphatic heterocycles. The van der Waals surface area contributed by atoms with E-state index in [9.17, 15) is 23.6 Å². The molecule has 0 bridgehead atoms. The molecule has 0 atom stereocenters. The van der Waals surface area contributed by atoms with Gasteiger partial charge in [0.25, 0.3) is 0 Å². The Morgan fingerprint density at radius 1 is 1.41 bits per heavy atom. The number of phenolic OH excluding ortho intramolecular Hbond substituents is 1. The molecule has 17 heavy (non-hydrogen) atoms. The maximum Gasteiger partial charge on any atom is 0.313 e. The van der Waals surface area contributed by atoms with E-state index < -0.39 is 36.3 Å². The first-order valence-electron chi connectivity index (χ1n) is 4.58. The van der Waals surface area contributed by atoms with Crippen LogP contribution in [0.25, 0.3) is 0 Å². The van der Waals surface area contributed by atoms with Crippen LogP contribution in [0.2, 0.25) is 5.02 Å². The van der Waals surface area contributed by atoms with Gasteiger partial charge in [0.15, 0.2) is 9.84 Å². The van der Waals surface area contributed by atoms with Crippen molar-refractivity contribution in [3.05, 3.63) is 27.3 Å². The number of hydrogen-bond donors (Lipinski definition) is 1. The number of sulfone groups is 1. The number of halogens is 1. The lowest BCUT2D eigenvalue weighted by Gasteiger charge is -2.10. The monoisotopic (exact) mass is 279 g/mol. The van der Waals surface area contributed by atoms with Gasteiger partial charge in [0.1, 0.15) is 4.90 Å². The molecule has 0 aliphatic carbocycles. The second-order valence-electron chi connectivity index (χ2n) is 3.62. The van der Waals surface area contributed by atoms with Crippen LogP contribution in [0.5, 0.6) is 5.75 Å². The Labute approximate surface area is 103 Å². The predicted octanol–water partition coefficient (Wildman–Crippen LogP) is 2.14. The van der Waals surface area contributed by atoms with Crippen LogP contribution in [-0.2, 0) is 9.84 Å². The Morgan fingerprint density at radius 2 is 1.94 bits per heavy atom. The minimum Gasteiger partial charge on any atom is -0.501 e. The van der Waals surface area contributed by atoms with Crippen molar-refractivity contribution in [1.82, 2.24) is 0 Å². The molecule has 0 spiro atoms. The van der Waals surface area contributed by atoms with Gasteiger partial charge in [-0.25, -0.2) is 8.42 Å². The van der Waals surface area contributed by atoms with Gasteiger partial charge in [0.05, 0.1) is 10.2 Å². The van der Waals surface area contributed by atoms with Gasteiger partial charge in [0, 0.05) is 11.1 Å². The summed E-state index contributed by atoms with van der Waals surface area (Å²) in [5, 5.41) is 19.3. The molecule has 94 valence electrons. The quantitative estimate of drug-likeness (QED) is 0.675. The van der Waals surface area contributed by atoms with Crippen LogP contribution < -0.4 is 0 Å². The van der Waals surface area contributed by atoms with Crippen LogP contribution >= 0.6 is 11.6 Å². The lowest BCUT2D eigenvalue weighted by molar-refractivity contribution is -0.386. The second kappa shape index (κ2) is 4.50. The zero-order valence-corrected chi connectivity index (χ0v) is 10.6. The normalized spacial score (nSPS) is 11.8. The fraction of sp³-hybridized carbons (Fsp3) is 0.333. The van der Waals surface area contributed by atoms with Crippen molar-refractivity contribution in [1.29, 1.82) is 0 Å². The molecule has 0 fully saturated rings. The SMILES string of the molecule is CC(C)S(=O)(=O)c1cc(Cl)cc([N+](=O)[O-])c1O. The van der Waals surface area contributed by atoms with Crippen molar-refractivity contribution in [3.8, 4) is 5.75 Å². The fourth-order valence-electron chi connectivity index (χ4n) is 1.17. The Balaban J connectivity index is 3.62. The summed E-state index contributed by atoms with van der Waals surface area (Å²) in [5.41, 5.74) is -0.725. The summed E-state index contributed by atoms with van der Waals surface area (Å²) < 4.78 is 23.7. The fourth-order valence-corrected chi connectivity index (χ4v) is 2.62. The van der Waals surface area contributed by atoms with Crippen LogP contribution in [0.3, 0.4) is 0 Å². The van der Waals surface area contributed by atoms with Crippen molar-refractivity contribution in [3.63, 3.8) is 0 Å². The van der Waals surface area contributed by atoms with E-state index in [1.807, 2.05) is 0 Å². The second-order valence-corrected chi connectivity index (χ2v) is 6.53.